The number of ether oxygens (including phenoxy) is 1. The minimum absolute atomic E-state index is 0.0470. The minimum Gasteiger partial charge on any atom is -0.368 e. The molecular formula is C16H24N4OS. The van der Waals surface area contributed by atoms with Crippen LogP contribution in [0.4, 0.5) is 0 Å². The van der Waals surface area contributed by atoms with Gasteiger partial charge in [-0.2, -0.15) is 0 Å². The van der Waals surface area contributed by atoms with Crippen LogP contribution in [0.3, 0.4) is 0 Å². The van der Waals surface area contributed by atoms with E-state index in [-0.39, 0.29) is 6.10 Å². The molecule has 0 saturated carbocycles. The summed E-state index contributed by atoms with van der Waals surface area (Å²) in [6, 6.07) is 4.42. The fraction of sp³-hybridized carbons (Fsp3) is 0.562. The zero-order chi connectivity index (χ0) is 15.5. The van der Waals surface area contributed by atoms with Crippen LogP contribution >= 0.6 is 11.3 Å². The summed E-state index contributed by atoms with van der Waals surface area (Å²) in [6.45, 7) is 6.68. The highest BCUT2D eigenvalue weighted by atomic mass is 32.1. The van der Waals surface area contributed by atoms with Crippen molar-refractivity contribution in [3.8, 4) is 0 Å². The Labute approximate surface area is 135 Å². The highest BCUT2D eigenvalue weighted by Crippen LogP contribution is 2.23. The zero-order valence-electron chi connectivity index (χ0n) is 13.5. The van der Waals surface area contributed by atoms with Gasteiger partial charge in [0, 0.05) is 47.8 Å². The quantitative estimate of drug-likeness (QED) is 0.919. The molecule has 1 fully saturated rings. The van der Waals surface area contributed by atoms with Gasteiger partial charge in [0.2, 0.25) is 0 Å². The van der Waals surface area contributed by atoms with E-state index in [1.807, 2.05) is 17.5 Å². The second kappa shape index (κ2) is 6.91. The van der Waals surface area contributed by atoms with E-state index >= 15 is 0 Å². The van der Waals surface area contributed by atoms with Gasteiger partial charge in [0.25, 0.3) is 0 Å². The van der Waals surface area contributed by atoms with E-state index in [0.29, 0.717) is 0 Å². The summed E-state index contributed by atoms with van der Waals surface area (Å²) < 4.78 is 5.91. The van der Waals surface area contributed by atoms with Gasteiger partial charge in [-0.1, -0.05) is 0 Å². The lowest BCUT2D eigenvalue weighted by Gasteiger charge is -2.31. The maximum Gasteiger partial charge on any atom is 0.136 e. The maximum atomic E-state index is 5.91. The second-order valence-corrected chi connectivity index (χ2v) is 7.51. The van der Waals surface area contributed by atoms with Gasteiger partial charge in [0.1, 0.15) is 11.9 Å². The second-order valence-electron chi connectivity index (χ2n) is 6.14. The van der Waals surface area contributed by atoms with E-state index in [1.165, 1.54) is 9.75 Å². The molecule has 1 atom stereocenters. The normalized spacial score (nSPS) is 19.9. The third kappa shape index (κ3) is 3.95. The molecule has 0 amide bonds. The summed E-state index contributed by atoms with van der Waals surface area (Å²) in [6.07, 6.45) is 1.96. The molecule has 0 aliphatic carbocycles. The molecule has 6 heteroatoms. The number of morpholine rings is 1. The van der Waals surface area contributed by atoms with Gasteiger partial charge in [-0.15, -0.1) is 11.3 Å². The van der Waals surface area contributed by atoms with Crippen LogP contribution in [0.5, 0.6) is 0 Å². The van der Waals surface area contributed by atoms with Gasteiger partial charge in [-0.05, 0) is 33.2 Å². The Hall–Kier alpha value is -1.21. The van der Waals surface area contributed by atoms with Gasteiger partial charge in [-0.25, -0.2) is 4.98 Å². The predicted molar refractivity (Wildman–Crippen MR) is 89.0 cm³/mol. The van der Waals surface area contributed by atoms with Gasteiger partial charge >= 0.3 is 0 Å². The number of imidazole rings is 1. The monoisotopic (exact) mass is 320 g/mol. The first-order chi connectivity index (χ1) is 10.6. The fourth-order valence-electron chi connectivity index (χ4n) is 2.76. The molecule has 3 heterocycles. The molecule has 2 aromatic rings. The molecule has 1 unspecified atom stereocenters. The third-order valence-electron chi connectivity index (χ3n) is 3.77. The van der Waals surface area contributed by atoms with Crippen LogP contribution in [0.1, 0.15) is 27.4 Å². The van der Waals surface area contributed by atoms with Gasteiger partial charge in [-0.3, -0.25) is 4.90 Å². The summed E-state index contributed by atoms with van der Waals surface area (Å²) in [5.74, 6) is 0.948. The van der Waals surface area contributed by atoms with Crippen molar-refractivity contribution in [1.82, 2.24) is 19.8 Å². The van der Waals surface area contributed by atoms with Gasteiger partial charge in [0.15, 0.2) is 0 Å². The molecular weight excluding hydrogens is 296 g/mol. The Bertz CT molecular complexity index is 607. The van der Waals surface area contributed by atoms with E-state index in [0.717, 1.165) is 44.3 Å². The fourth-order valence-corrected chi connectivity index (χ4v) is 3.70. The van der Waals surface area contributed by atoms with Crippen LogP contribution in [-0.4, -0.2) is 53.6 Å². The molecule has 1 aliphatic heterocycles. The number of rotatable bonds is 5. The topological polar surface area (TPSA) is 44.4 Å². The van der Waals surface area contributed by atoms with E-state index in [4.69, 9.17) is 4.74 Å². The van der Waals surface area contributed by atoms with Crippen molar-refractivity contribution >= 4 is 11.3 Å². The summed E-state index contributed by atoms with van der Waals surface area (Å²) in [4.78, 5) is 15.3. The number of hydrogen-bond acceptors (Lipinski definition) is 5. The minimum atomic E-state index is 0.0470. The molecule has 0 spiro atoms. The SMILES string of the molecule is Cc1ccc(CN2CCOC(c3ncc(CN(C)C)[nH]3)C2)s1. The number of thiophene rings is 1. The van der Waals surface area contributed by atoms with Crippen LogP contribution in [-0.2, 0) is 17.8 Å². The van der Waals surface area contributed by atoms with Gasteiger partial charge < -0.3 is 14.6 Å². The first-order valence-electron chi connectivity index (χ1n) is 7.68. The van der Waals surface area contributed by atoms with Gasteiger partial charge in [0.05, 0.1) is 6.61 Å². The van der Waals surface area contributed by atoms with Crippen molar-refractivity contribution in [1.29, 1.82) is 0 Å². The lowest BCUT2D eigenvalue weighted by molar-refractivity contribution is -0.0366. The molecule has 3 rings (SSSR count). The average molecular weight is 320 g/mol. The van der Waals surface area contributed by atoms with Crippen LogP contribution < -0.4 is 0 Å². The largest absolute Gasteiger partial charge is 0.368 e. The zero-order valence-corrected chi connectivity index (χ0v) is 14.3. The lowest BCUT2D eigenvalue weighted by Crippen LogP contribution is -2.38. The molecule has 1 saturated heterocycles. The number of H-pyrrole nitrogens is 1. The molecule has 22 heavy (non-hydrogen) atoms. The standard InChI is InChI=1S/C16H24N4OS/c1-12-4-5-14(22-12)10-20-6-7-21-15(11-20)16-17-8-13(18-16)9-19(2)3/h4-5,8,15H,6-7,9-11H2,1-3H3,(H,17,18). The smallest absolute Gasteiger partial charge is 0.136 e. The lowest BCUT2D eigenvalue weighted by atomic mass is 10.2. The number of hydrogen-bond donors (Lipinski definition) is 1. The Morgan fingerprint density at radius 3 is 3.05 bits per heavy atom. The van der Waals surface area contributed by atoms with E-state index < -0.39 is 0 Å². The van der Waals surface area contributed by atoms with Crippen molar-refractivity contribution in [2.24, 2.45) is 0 Å². The maximum absolute atomic E-state index is 5.91. The number of nitrogens with zero attached hydrogens (tertiary/aromatic N) is 3. The summed E-state index contributed by atoms with van der Waals surface area (Å²) in [7, 11) is 4.12. The molecule has 0 bridgehead atoms. The first-order valence-corrected chi connectivity index (χ1v) is 8.49. The highest BCUT2D eigenvalue weighted by molar-refractivity contribution is 7.11. The Morgan fingerprint density at radius 1 is 1.45 bits per heavy atom. The number of aryl methyl sites for hydroxylation is 1. The summed E-state index contributed by atoms with van der Waals surface area (Å²) >= 11 is 1.88. The van der Waals surface area contributed by atoms with Crippen molar-refractivity contribution < 1.29 is 4.74 Å². The van der Waals surface area contributed by atoms with Crippen molar-refractivity contribution in [3.05, 3.63) is 39.6 Å². The van der Waals surface area contributed by atoms with Crippen LogP contribution in [0, 0.1) is 6.92 Å². The molecule has 120 valence electrons. The molecule has 2 aromatic heterocycles. The van der Waals surface area contributed by atoms with Crippen LogP contribution in [0.15, 0.2) is 18.3 Å². The van der Waals surface area contributed by atoms with E-state index in [1.54, 1.807) is 0 Å². The highest BCUT2D eigenvalue weighted by Gasteiger charge is 2.24. The van der Waals surface area contributed by atoms with Crippen molar-refractivity contribution in [2.45, 2.75) is 26.1 Å². The molecule has 0 radical (unpaired) electrons. The van der Waals surface area contributed by atoms with Crippen LogP contribution in [0.2, 0.25) is 0 Å². The van der Waals surface area contributed by atoms with E-state index in [2.05, 4.69) is 52.9 Å². The molecule has 1 N–H and O–H groups in total. The number of aromatic amines is 1. The Balaban J connectivity index is 1.61. The molecule has 1 aliphatic rings. The predicted octanol–water partition coefficient (Wildman–Crippen LogP) is 2.41. The van der Waals surface area contributed by atoms with Crippen molar-refractivity contribution in [3.63, 3.8) is 0 Å². The third-order valence-corrected chi connectivity index (χ3v) is 4.75. The van der Waals surface area contributed by atoms with Crippen molar-refractivity contribution in [2.75, 3.05) is 33.8 Å². The number of nitrogens with one attached hydrogen (secondary N) is 1. The van der Waals surface area contributed by atoms with Crippen LogP contribution in [0.25, 0.3) is 0 Å². The average Bonchev–Trinajstić information content (AvgIpc) is 3.08. The number of aromatic nitrogens is 2. The Kier molecular flexibility index (Phi) is 4.93. The Morgan fingerprint density at radius 2 is 2.32 bits per heavy atom. The summed E-state index contributed by atoms with van der Waals surface area (Å²) in [5, 5.41) is 0. The molecule has 0 aromatic carbocycles. The summed E-state index contributed by atoms with van der Waals surface area (Å²) in [5.41, 5.74) is 1.13. The van der Waals surface area contributed by atoms with E-state index in [9.17, 15) is 0 Å². The first kappa shape index (κ1) is 15.7. The molecule has 5 nitrogen and oxygen atoms in total.